The molecule has 110 valence electrons. The molecule has 0 saturated heterocycles. The molecule has 0 aromatic heterocycles. The first-order chi connectivity index (χ1) is 9.92. The number of nitro groups is 1. The summed E-state index contributed by atoms with van der Waals surface area (Å²) in [7, 11) is 0. The average Bonchev–Trinajstić information content (AvgIpc) is 2.42. The number of nitrogens with two attached hydrogens (primary N) is 1. The number of hydrogen-bond acceptors (Lipinski definition) is 4. The molecular weight excluding hydrogens is 282 g/mol. The number of aryl methyl sites for hydroxylation is 1. The smallest absolute Gasteiger partial charge is 0.311 e. The van der Waals surface area contributed by atoms with Gasteiger partial charge < -0.3 is 10.5 Å². The van der Waals surface area contributed by atoms with Crippen LogP contribution in [0, 0.1) is 28.7 Å². The first kappa shape index (κ1) is 14.9. The second-order valence-corrected chi connectivity index (χ2v) is 4.42. The number of nitro benzene ring substituents is 1. The molecule has 0 aliphatic carbocycles. The zero-order valence-electron chi connectivity index (χ0n) is 11.1. The highest BCUT2D eigenvalue weighted by Crippen LogP contribution is 2.35. The summed E-state index contributed by atoms with van der Waals surface area (Å²) in [5.41, 5.74) is 5.86. The number of halogens is 2. The van der Waals surface area contributed by atoms with Crippen LogP contribution in [0.25, 0.3) is 0 Å². The van der Waals surface area contributed by atoms with E-state index in [9.17, 15) is 18.9 Å². The number of hydrogen-bond donors (Lipinski definition) is 1. The molecule has 0 amide bonds. The first-order valence-electron chi connectivity index (χ1n) is 6.03. The molecule has 0 saturated carbocycles. The Morgan fingerprint density at radius 2 is 1.86 bits per heavy atom. The van der Waals surface area contributed by atoms with Crippen molar-refractivity contribution in [1.82, 2.24) is 0 Å². The topological polar surface area (TPSA) is 78.4 Å². The minimum Gasteiger partial charge on any atom is -0.444 e. The maximum atomic E-state index is 13.8. The Morgan fingerprint density at radius 3 is 2.38 bits per heavy atom. The maximum Gasteiger partial charge on any atom is 0.311 e. The fourth-order valence-electron chi connectivity index (χ4n) is 1.79. The molecule has 0 heterocycles. The second-order valence-electron chi connectivity index (χ2n) is 4.42. The molecule has 0 radical (unpaired) electrons. The van der Waals surface area contributed by atoms with Crippen LogP contribution in [0.15, 0.2) is 30.3 Å². The van der Waals surface area contributed by atoms with Crippen molar-refractivity contribution in [3.63, 3.8) is 0 Å². The molecule has 0 aliphatic rings. The SMILES string of the molecule is Cc1ccc([N+](=O)[O-])c(Oc2c(F)cc(CN)cc2F)c1. The van der Waals surface area contributed by atoms with E-state index in [-0.39, 0.29) is 23.5 Å². The summed E-state index contributed by atoms with van der Waals surface area (Å²) in [4.78, 5) is 10.2. The zero-order valence-corrected chi connectivity index (χ0v) is 11.1. The molecule has 0 atom stereocenters. The summed E-state index contributed by atoms with van der Waals surface area (Å²) >= 11 is 0. The van der Waals surface area contributed by atoms with Crippen LogP contribution in [0.2, 0.25) is 0 Å². The fourth-order valence-corrected chi connectivity index (χ4v) is 1.79. The maximum absolute atomic E-state index is 13.8. The number of rotatable bonds is 4. The van der Waals surface area contributed by atoms with Crippen LogP contribution in [-0.2, 0) is 6.54 Å². The molecule has 7 heteroatoms. The van der Waals surface area contributed by atoms with Gasteiger partial charge in [0.1, 0.15) is 0 Å². The lowest BCUT2D eigenvalue weighted by Gasteiger charge is -2.10. The van der Waals surface area contributed by atoms with Gasteiger partial charge in [0, 0.05) is 12.6 Å². The van der Waals surface area contributed by atoms with Gasteiger partial charge in [-0.15, -0.1) is 0 Å². The van der Waals surface area contributed by atoms with Gasteiger partial charge >= 0.3 is 5.69 Å². The normalized spacial score (nSPS) is 10.5. The van der Waals surface area contributed by atoms with Crippen LogP contribution < -0.4 is 10.5 Å². The van der Waals surface area contributed by atoms with Crippen LogP contribution >= 0.6 is 0 Å². The van der Waals surface area contributed by atoms with E-state index in [0.717, 1.165) is 12.1 Å². The van der Waals surface area contributed by atoms with Crippen LogP contribution in [0.5, 0.6) is 11.5 Å². The number of nitrogens with zero attached hydrogens (tertiary/aromatic N) is 1. The van der Waals surface area contributed by atoms with Crippen LogP contribution in [0.3, 0.4) is 0 Å². The quantitative estimate of drug-likeness (QED) is 0.692. The van der Waals surface area contributed by atoms with Crippen molar-refractivity contribution in [2.75, 3.05) is 0 Å². The Labute approximate surface area is 119 Å². The third-order valence-corrected chi connectivity index (χ3v) is 2.82. The van der Waals surface area contributed by atoms with Gasteiger partial charge in [0.05, 0.1) is 4.92 Å². The summed E-state index contributed by atoms with van der Waals surface area (Å²) in [5.74, 6) is -2.85. The summed E-state index contributed by atoms with van der Waals surface area (Å²) in [6, 6.07) is 6.12. The van der Waals surface area contributed by atoms with E-state index in [4.69, 9.17) is 10.5 Å². The second kappa shape index (κ2) is 5.84. The summed E-state index contributed by atoms with van der Waals surface area (Å²) in [6.07, 6.45) is 0. The minimum absolute atomic E-state index is 0.0291. The van der Waals surface area contributed by atoms with Crippen molar-refractivity contribution in [3.05, 3.63) is 63.2 Å². The van der Waals surface area contributed by atoms with Crippen LogP contribution in [0.1, 0.15) is 11.1 Å². The molecule has 2 N–H and O–H groups in total. The summed E-state index contributed by atoms with van der Waals surface area (Å²) < 4.78 is 32.7. The van der Waals surface area contributed by atoms with E-state index in [1.165, 1.54) is 18.2 Å². The van der Waals surface area contributed by atoms with E-state index in [2.05, 4.69) is 0 Å². The van der Waals surface area contributed by atoms with Crippen molar-refractivity contribution in [2.45, 2.75) is 13.5 Å². The lowest BCUT2D eigenvalue weighted by atomic mass is 10.2. The van der Waals surface area contributed by atoms with Gasteiger partial charge in [-0.25, -0.2) is 8.78 Å². The van der Waals surface area contributed by atoms with Gasteiger partial charge in [-0.3, -0.25) is 10.1 Å². The average molecular weight is 294 g/mol. The molecule has 21 heavy (non-hydrogen) atoms. The molecule has 2 aromatic rings. The van der Waals surface area contributed by atoms with Crippen molar-refractivity contribution in [3.8, 4) is 11.5 Å². The Bertz CT molecular complexity index is 682. The highest BCUT2D eigenvalue weighted by atomic mass is 19.1. The van der Waals surface area contributed by atoms with Crippen molar-refractivity contribution < 1.29 is 18.4 Å². The standard InChI is InChI=1S/C14H12F2N2O3/c1-8-2-3-12(18(19)20)13(4-8)21-14-10(15)5-9(7-17)6-11(14)16/h2-6H,7,17H2,1H3. The molecule has 0 fully saturated rings. The van der Waals surface area contributed by atoms with Gasteiger partial charge in [0.2, 0.25) is 5.75 Å². The lowest BCUT2D eigenvalue weighted by molar-refractivity contribution is -0.385. The lowest BCUT2D eigenvalue weighted by Crippen LogP contribution is -2.01. The molecule has 0 unspecified atom stereocenters. The Morgan fingerprint density at radius 1 is 1.24 bits per heavy atom. The van der Waals surface area contributed by atoms with E-state index >= 15 is 0 Å². The van der Waals surface area contributed by atoms with Crippen LogP contribution in [-0.4, -0.2) is 4.92 Å². The third kappa shape index (κ3) is 3.14. The van der Waals surface area contributed by atoms with Gasteiger partial charge in [-0.2, -0.15) is 0 Å². The van der Waals surface area contributed by atoms with Crippen molar-refractivity contribution in [1.29, 1.82) is 0 Å². The molecule has 0 bridgehead atoms. The van der Waals surface area contributed by atoms with E-state index in [0.29, 0.717) is 5.56 Å². The highest BCUT2D eigenvalue weighted by molar-refractivity contribution is 5.50. The molecule has 0 spiro atoms. The van der Waals surface area contributed by atoms with Crippen molar-refractivity contribution >= 4 is 5.69 Å². The molecule has 0 aliphatic heterocycles. The van der Waals surface area contributed by atoms with E-state index < -0.39 is 22.3 Å². The predicted octanol–water partition coefficient (Wildman–Crippen LogP) is 3.43. The first-order valence-corrected chi connectivity index (χ1v) is 6.03. The monoisotopic (exact) mass is 294 g/mol. The Hall–Kier alpha value is -2.54. The van der Waals surface area contributed by atoms with Gasteiger partial charge in [-0.05, 0) is 36.2 Å². The summed E-state index contributed by atoms with van der Waals surface area (Å²) in [6.45, 7) is 1.65. The third-order valence-electron chi connectivity index (χ3n) is 2.82. The summed E-state index contributed by atoms with van der Waals surface area (Å²) in [5, 5.41) is 10.9. The number of benzene rings is 2. The number of ether oxygens (including phenoxy) is 1. The molecule has 5 nitrogen and oxygen atoms in total. The fraction of sp³-hybridized carbons (Fsp3) is 0.143. The predicted molar refractivity (Wildman–Crippen MR) is 72.2 cm³/mol. The van der Waals surface area contributed by atoms with Crippen LogP contribution in [0.4, 0.5) is 14.5 Å². The van der Waals surface area contributed by atoms with Gasteiger partial charge in [0.15, 0.2) is 17.4 Å². The Balaban J connectivity index is 2.48. The highest BCUT2D eigenvalue weighted by Gasteiger charge is 2.20. The minimum atomic E-state index is -0.966. The molecule has 2 rings (SSSR count). The van der Waals surface area contributed by atoms with E-state index in [1.54, 1.807) is 6.92 Å². The van der Waals surface area contributed by atoms with Crippen molar-refractivity contribution in [2.24, 2.45) is 5.73 Å². The van der Waals surface area contributed by atoms with E-state index in [1.807, 2.05) is 0 Å². The zero-order chi connectivity index (χ0) is 15.6. The molecule has 2 aromatic carbocycles. The van der Waals surface area contributed by atoms with Gasteiger partial charge in [-0.1, -0.05) is 6.07 Å². The van der Waals surface area contributed by atoms with Gasteiger partial charge in [0.25, 0.3) is 0 Å². The largest absolute Gasteiger partial charge is 0.444 e. The molecular formula is C14H12F2N2O3. The Kier molecular flexibility index (Phi) is 4.13.